The van der Waals surface area contributed by atoms with Gasteiger partial charge in [0.1, 0.15) is 5.69 Å². The molecule has 0 spiro atoms. The average molecular weight is 305 g/mol. The van der Waals surface area contributed by atoms with Gasteiger partial charge in [-0.05, 0) is 25.0 Å². The summed E-state index contributed by atoms with van der Waals surface area (Å²) in [4.78, 5) is 38.7. The summed E-state index contributed by atoms with van der Waals surface area (Å²) in [7, 11) is 1.50. The van der Waals surface area contributed by atoms with Crippen LogP contribution < -0.4 is 10.6 Å². The van der Waals surface area contributed by atoms with E-state index in [1.54, 1.807) is 0 Å². The standard InChI is InChI=1S/C15H19N3O4/c1-16-14(22)11-5-4-10(9-17-11)13(21)18-15(8-12(19)20)6-2-3-7-15/h4-5,9H,2-3,6-8H2,1H3,(H,16,22)(H,18,21)(H,19,20). The van der Waals surface area contributed by atoms with Crippen molar-refractivity contribution in [2.75, 3.05) is 7.05 Å². The maximum atomic E-state index is 12.3. The van der Waals surface area contributed by atoms with E-state index in [1.807, 2.05) is 0 Å². The van der Waals surface area contributed by atoms with Crippen LogP contribution in [0, 0.1) is 0 Å². The van der Waals surface area contributed by atoms with Gasteiger partial charge in [-0.1, -0.05) is 12.8 Å². The monoisotopic (exact) mass is 305 g/mol. The second-order valence-corrected chi connectivity index (χ2v) is 5.52. The molecule has 0 radical (unpaired) electrons. The number of nitrogens with one attached hydrogen (secondary N) is 2. The summed E-state index contributed by atoms with van der Waals surface area (Å²) in [5.41, 5.74) is -0.146. The second kappa shape index (κ2) is 6.55. The molecule has 7 nitrogen and oxygen atoms in total. The Morgan fingerprint density at radius 2 is 1.91 bits per heavy atom. The predicted octanol–water partition coefficient (Wildman–Crippen LogP) is 0.958. The fourth-order valence-corrected chi connectivity index (χ4v) is 2.79. The fraction of sp³-hybridized carbons (Fsp3) is 0.467. The first-order valence-corrected chi connectivity index (χ1v) is 7.18. The molecule has 0 atom stereocenters. The van der Waals surface area contributed by atoms with Gasteiger partial charge in [-0.2, -0.15) is 0 Å². The molecule has 2 rings (SSSR count). The van der Waals surface area contributed by atoms with Gasteiger partial charge in [-0.3, -0.25) is 19.4 Å². The highest BCUT2D eigenvalue weighted by molar-refractivity contribution is 5.96. The highest BCUT2D eigenvalue weighted by Gasteiger charge is 2.37. The number of aromatic nitrogens is 1. The molecule has 1 aliphatic carbocycles. The van der Waals surface area contributed by atoms with E-state index < -0.39 is 11.5 Å². The predicted molar refractivity (Wildman–Crippen MR) is 78.5 cm³/mol. The van der Waals surface area contributed by atoms with Gasteiger partial charge in [0.2, 0.25) is 0 Å². The number of carbonyl (C=O) groups is 3. The van der Waals surface area contributed by atoms with E-state index in [-0.39, 0.29) is 23.9 Å². The summed E-state index contributed by atoms with van der Waals surface area (Å²) in [5, 5.41) is 14.3. The van der Waals surface area contributed by atoms with Crippen LogP contribution in [0.5, 0.6) is 0 Å². The highest BCUT2D eigenvalue weighted by atomic mass is 16.4. The summed E-state index contributed by atoms with van der Waals surface area (Å²) < 4.78 is 0. The molecule has 7 heteroatoms. The van der Waals surface area contributed by atoms with Crippen LogP contribution in [0.4, 0.5) is 0 Å². The quantitative estimate of drug-likeness (QED) is 0.751. The van der Waals surface area contributed by atoms with Crippen molar-refractivity contribution >= 4 is 17.8 Å². The lowest BCUT2D eigenvalue weighted by Crippen LogP contribution is -2.47. The molecule has 118 valence electrons. The maximum absolute atomic E-state index is 12.3. The number of aliphatic carboxylic acids is 1. The molecule has 1 aromatic heterocycles. The van der Waals surface area contributed by atoms with Crippen LogP contribution in [0.3, 0.4) is 0 Å². The Kier molecular flexibility index (Phi) is 4.75. The molecular weight excluding hydrogens is 286 g/mol. The van der Waals surface area contributed by atoms with Gasteiger partial charge in [0.05, 0.1) is 17.5 Å². The van der Waals surface area contributed by atoms with Crippen molar-refractivity contribution < 1.29 is 19.5 Å². The van der Waals surface area contributed by atoms with Crippen molar-refractivity contribution in [1.29, 1.82) is 0 Å². The number of amides is 2. The molecule has 0 unspecified atom stereocenters. The average Bonchev–Trinajstić information content (AvgIpc) is 2.93. The Hall–Kier alpha value is -2.44. The summed E-state index contributed by atoms with van der Waals surface area (Å²) >= 11 is 0. The minimum absolute atomic E-state index is 0.0809. The molecule has 1 saturated carbocycles. The highest BCUT2D eigenvalue weighted by Crippen LogP contribution is 2.32. The number of nitrogens with zero attached hydrogens (tertiary/aromatic N) is 1. The van der Waals surface area contributed by atoms with E-state index in [2.05, 4.69) is 15.6 Å². The van der Waals surface area contributed by atoms with Gasteiger partial charge in [-0.25, -0.2) is 0 Å². The third-order valence-corrected chi connectivity index (χ3v) is 3.91. The van der Waals surface area contributed by atoms with E-state index in [0.29, 0.717) is 18.4 Å². The molecule has 1 aliphatic rings. The van der Waals surface area contributed by atoms with E-state index in [0.717, 1.165) is 12.8 Å². The van der Waals surface area contributed by atoms with E-state index in [4.69, 9.17) is 5.11 Å². The Balaban J connectivity index is 2.10. The van der Waals surface area contributed by atoms with Crippen LogP contribution in [-0.2, 0) is 4.79 Å². The van der Waals surface area contributed by atoms with Crippen molar-refractivity contribution in [3.8, 4) is 0 Å². The number of carboxylic acids is 1. The first kappa shape index (κ1) is 15.9. The second-order valence-electron chi connectivity index (χ2n) is 5.52. The van der Waals surface area contributed by atoms with Crippen LogP contribution in [0.1, 0.15) is 53.0 Å². The largest absolute Gasteiger partial charge is 0.481 e. The summed E-state index contributed by atoms with van der Waals surface area (Å²) in [5.74, 6) is -1.61. The first-order valence-electron chi connectivity index (χ1n) is 7.18. The van der Waals surface area contributed by atoms with Gasteiger partial charge < -0.3 is 15.7 Å². The SMILES string of the molecule is CNC(=O)c1ccc(C(=O)NC2(CC(=O)O)CCCC2)cn1. The number of carboxylic acid groups (broad SMARTS) is 1. The number of pyridine rings is 1. The third-order valence-electron chi connectivity index (χ3n) is 3.91. The number of hydrogen-bond donors (Lipinski definition) is 3. The molecule has 2 amide bonds. The van der Waals surface area contributed by atoms with Crippen molar-refractivity contribution in [2.45, 2.75) is 37.6 Å². The lowest BCUT2D eigenvalue weighted by atomic mass is 9.93. The molecule has 0 saturated heterocycles. The Morgan fingerprint density at radius 1 is 1.23 bits per heavy atom. The summed E-state index contributed by atoms with van der Waals surface area (Å²) in [6.07, 6.45) is 4.37. The summed E-state index contributed by atoms with van der Waals surface area (Å²) in [6, 6.07) is 2.97. The van der Waals surface area contributed by atoms with Crippen molar-refractivity contribution in [1.82, 2.24) is 15.6 Å². The lowest BCUT2D eigenvalue weighted by Gasteiger charge is -2.28. The van der Waals surface area contributed by atoms with Crippen molar-refractivity contribution in [3.05, 3.63) is 29.6 Å². The Bertz CT molecular complexity index is 577. The van der Waals surface area contributed by atoms with Crippen molar-refractivity contribution in [3.63, 3.8) is 0 Å². The Labute approximate surface area is 128 Å². The first-order chi connectivity index (χ1) is 10.5. The zero-order valence-electron chi connectivity index (χ0n) is 12.4. The Morgan fingerprint density at radius 3 is 2.41 bits per heavy atom. The van der Waals surface area contributed by atoms with Crippen LogP contribution >= 0.6 is 0 Å². The van der Waals surface area contributed by atoms with Crippen LogP contribution in [-0.4, -0.2) is 40.5 Å². The van der Waals surface area contributed by atoms with Gasteiger partial charge >= 0.3 is 5.97 Å². The van der Waals surface area contributed by atoms with Gasteiger partial charge in [0.15, 0.2) is 0 Å². The van der Waals surface area contributed by atoms with Crippen LogP contribution in [0.25, 0.3) is 0 Å². The smallest absolute Gasteiger partial charge is 0.305 e. The molecule has 0 aliphatic heterocycles. The minimum atomic E-state index is -0.921. The lowest BCUT2D eigenvalue weighted by molar-refractivity contribution is -0.138. The minimum Gasteiger partial charge on any atom is -0.481 e. The van der Waals surface area contributed by atoms with Crippen LogP contribution in [0.15, 0.2) is 18.3 Å². The normalized spacial score (nSPS) is 16.0. The van der Waals surface area contributed by atoms with Gasteiger partial charge in [0.25, 0.3) is 11.8 Å². The molecule has 0 bridgehead atoms. The topological polar surface area (TPSA) is 108 Å². The molecule has 3 N–H and O–H groups in total. The van der Waals surface area contributed by atoms with Crippen LogP contribution in [0.2, 0.25) is 0 Å². The number of hydrogen-bond acceptors (Lipinski definition) is 4. The molecule has 1 fully saturated rings. The van der Waals surface area contributed by atoms with E-state index in [1.165, 1.54) is 25.4 Å². The number of rotatable bonds is 5. The molecule has 1 heterocycles. The molecule has 1 aromatic rings. The zero-order chi connectivity index (χ0) is 16.2. The molecule has 0 aromatic carbocycles. The molecule has 22 heavy (non-hydrogen) atoms. The zero-order valence-corrected chi connectivity index (χ0v) is 12.4. The van der Waals surface area contributed by atoms with Gasteiger partial charge in [0, 0.05) is 13.2 Å². The van der Waals surface area contributed by atoms with Crippen molar-refractivity contribution in [2.24, 2.45) is 0 Å². The van der Waals surface area contributed by atoms with Gasteiger partial charge in [-0.15, -0.1) is 0 Å². The maximum Gasteiger partial charge on any atom is 0.305 e. The third kappa shape index (κ3) is 3.60. The van der Waals surface area contributed by atoms with E-state index in [9.17, 15) is 14.4 Å². The number of carbonyl (C=O) groups excluding carboxylic acids is 2. The molecular formula is C15H19N3O4. The van der Waals surface area contributed by atoms with E-state index >= 15 is 0 Å². The fourth-order valence-electron chi connectivity index (χ4n) is 2.79. The summed E-state index contributed by atoms with van der Waals surface area (Å²) in [6.45, 7) is 0.